The first-order valence-electron chi connectivity index (χ1n) is 5.31. The number of fused-ring (bicyclic) bond motifs is 1. The van der Waals surface area contributed by atoms with Crippen LogP contribution in [0.2, 0.25) is 0 Å². The Morgan fingerprint density at radius 1 is 1.35 bits per heavy atom. The first kappa shape index (κ1) is 11.4. The summed E-state index contributed by atoms with van der Waals surface area (Å²) in [6, 6.07) is 7.17. The highest BCUT2D eigenvalue weighted by molar-refractivity contribution is 6.03. The molecular formula is C13H14N2O2. The summed E-state index contributed by atoms with van der Waals surface area (Å²) in [6.07, 6.45) is 0. The highest BCUT2D eigenvalue weighted by atomic mass is 16.4. The lowest BCUT2D eigenvalue weighted by Gasteiger charge is -2.14. The molecule has 0 bridgehead atoms. The zero-order chi connectivity index (χ0) is 12.6. The Morgan fingerprint density at radius 2 is 2.06 bits per heavy atom. The van der Waals surface area contributed by atoms with Crippen molar-refractivity contribution >= 4 is 22.7 Å². The molecule has 1 heterocycles. The van der Waals surface area contributed by atoms with Gasteiger partial charge in [0.2, 0.25) is 0 Å². The van der Waals surface area contributed by atoms with Gasteiger partial charge in [-0.2, -0.15) is 0 Å². The van der Waals surface area contributed by atoms with Crippen LogP contribution in [0, 0.1) is 6.92 Å². The fraction of sp³-hybridized carbons (Fsp3) is 0.231. The van der Waals surface area contributed by atoms with E-state index in [2.05, 4.69) is 4.98 Å². The molecule has 1 N–H and O–H groups in total. The number of hydrogen-bond donors (Lipinski definition) is 1. The van der Waals surface area contributed by atoms with Gasteiger partial charge in [-0.3, -0.25) is 0 Å². The number of aryl methyl sites for hydroxylation is 1. The zero-order valence-electron chi connectivity index (χ0n) is 10.1. The number of aromatic nitrogens is 1. The molecule has 0 aliphatic rings. The average molecular weight is 230 g/mol. The van der Waals surface area contributed by atoms with E-state index in [-0.39, 0.29) is 5.56 Å². The van der Waals surface area contributed by atoms with Gasteiger partial charge in [0.15, 0.2) is 0 Å². The van der Waals surface area contributed by atoms with Crippen LogP contribution in [0.1, 0.15) is 15.9 Å². The molecule has 4 nitrogen and oxygen atoms in total. The smallest absolute Gasteiger partial charge is 0.337 e. The summed E-state index contributed by atoms with van der Waals surface area (Å²) in [5.74, 6) is -0.179. The zero-order valence-corrected chi connectivity index (χ0v) is 10.1. The largest absolute Gasteiger partial charge is 0.478 e. The van der Waals surface area contributed by atoms with Crippen LogP contribution in [0.25, 0.3) is 10.9 Å². The van der Waals surface area contributed by atoms with E-state index in [1.807, 2.05) is 38.1 Å². The average Bonchev–Trinajstić information content (AvgIpc) is 2.27. The molecule has 0 saturated carbocycles. The third-order valence-electron chi connectivity index (χ3n) is 2.72. The lowest BCUT2D eigenvalue weighted by atomic mass is 10.1. The van der Waals surface area contributed by atoms with Gasteiger partial charge in [0.1, 0.15) is 5.82 Å². The maximum absolute atomic E-state index is 11.2. The minimum atomic E-state index is -0.946. The number of aromatic carboxylic acids is 1. The standard InChI is InChI=1S/C13H14N2O2/c1-8-7-11(15(2)3)14-12-9(8)5-4-6-10(12)13(16)17/h4-7H,1-3H3,(H,16,17). The lowest BCUT2D eigenvalue weighted by Crippen LogP contribution is -2.11. The van der Waals surface area contributed by atoms with Gasteiger partial charge in [0.05, 0.1) is 11.1 Å². The Labute approximate surface area is 99.5 Å². The molecule has 0 unspecified atom stereocenters. The fourth-order valence-electron chi connectivity index (χ4n) is 1.80. The minimum Gasteiger partial charge on any atom is -0.478 e. The Kier molecular flexibility index (Phi) is 2.71. The first-order chi connectivity index (χ1) is 8.00. The number of anilines is 1. The van der Waals surface area contributed by atoms with E-state index in [0.29, 0.717) is 5.52 Å². The molecule has 0 atom stereocenters. The summed E-state index contributed by atoms with van der Waals surface area (Å²) in [7, 11) is 3.77. The molecule has 0 saturated heterocycles. The molecule has 2 aromatic rings. The van der Waals surface area contributed by atoms with E-state index in [0.717, 1.165) is 16.8 Å². The molecule has 0 radical (unpaired) electrons. The monoisotopic (exact) mass is 230 g/mol. The Balaban J connectivity index is 2.83. The first-order valence-corrected chi connectivity index (χ1v) is 5.31. The molecular weight excluding hydrogens is 216 g/mol. The van der Waals surface area contributed by atoms with E-state index in [4.69, 9.17) is 5.11 Å². The van der Waals surface area contributed by atoms with Crippen molar-refractivity contribution in [2.75, 3.05) is 19.0 Å². The highest BCUT2D eigenvalue weighted by Crippen LogP contribution is 2.24. The van der Waals surface area contributed by atoms with E-state index >= 15 is 0 Å². The molecule has 0 spiro atoms. The molecule has 0 aliphatic heterocycles. The molecule has 0 fully saturated rings. The van der Waals surface area contributed by atoms with Gasteiger partial charge in [0, 0.05) is 19.5 Å². The van der Waals surface area contributed by atoms with Crippen LogP contribution in [0.4, 0.5) is 5.82 Å². The summed E-state index contributed by atoms with van der Waals surface area (Å²) >= 11 is 0. The minimum absolute atomic E-state index is 0.245. The van der Waals surface area contributed by atoms with Gasteiger partial charge in [-0.1, -0.05) is 12.1 Å². The Morgan fingerprint density at radius 3 is 2.65 bits per heavy atom. The van der Waals surface area contributed by atoms with Crippen molar-refractivity contribution in [3.63, 3.8) is 0 Å². The Bertz CT molecular complexity index is 591. The summed E-state index contributed by atoms with van der Waals surface area (Å²) in [5.41, 5.74) is 1.82. The van der Waals surface area contributed by atoms with Gasteiger partial charge < -0.3 is 10.0 Å². The molecule has 4 heteroatoms. The molecule has 0 aliphatic carbocycles. The van der Waals surface area contributed by atoms with E-state index < -0.39 is 5.97 Å². The number of carboxylic acids is 1. The van der Waals surface area contributed by atoms with E-state index in [9.17, 15) is 4.79 Å². The van der Waals surface area contributed by atoms with Crippen molar-refractivity contribution in [2.24, 2.45) is 0 Å². The molecule has 2 rings (SSSR count). The van der Waals surface area contributed by atoms with Crippen LogP contribution in [0.3, 0.4) is 0 Å². The van der Waals surface area contributed by atoms with Crippen molar-refractivity contribution in [2.45, 2.75) is 6.92 Å². The summed E-state index contributed by atoms with van der Waals surface area (Å²) in [4.78, 5) is 17.4. The van der Waals surface area contributed by atoms with Gasteiger partial charge in [-0.15, -0.1) is 0 Å². The second-order valence-electron chi connectivity index (χ2n) is 4.20. The van der Waals surface area contributed by atoms with Crippen molar-refractivity contribution in [3.05, 3.63) is 35.4 Å². The van der Waals surface area contributed by atoms with Crippen molar-refractivity contribution < 1.29 is 9.90 Å². The van der Waals surface area contributed by atoms with Crippen LogP contribution in [-0.4, -0.2) is 30.2 Å². The molecule has 0 amide bonds. The van der Waals surface area contributed by atoms with E-state index in [1.165, 1.54) is 0 Å². The normalized spacial score (nSPS) is 10.5. The molecule has 88 valence electrons. The molecule has 1 aromatic carbocycles. The lowest BCUT2D eigenvalue weighted by molar-refractivity contribution is 0.0699. The maximum Gasteiger partial charge on any atom is 0.337 e. The quantitative estimate of drug-likeness (QED) is 0.860. The molecule has 1 aromatic heterocycles. The molecule has 17 heavy (non-hydrogen) atoms. The number of para-hydroxylation sites is 1. The summed E-state index contributed by atoms with van der Waals surface area (Å²) in [5, 5.41) is 10.0. The predicted octanol–water partition coefficient (Wildman–Crippen LogP) is 2.31. The third kappa shape index (κ3) is 1.93. The SMILES string of the molecule is Cc1cc(N(C)C)nc2c(C(=O)O)cccc12. The highest BCUT2D eigenvalue weighted by Gasteiger charge is 2.12. The number of hydrogen-bond acceptors (Lipinski definition) is 3. The van der Waals surface area contributed by atoms with Crippen molar-refractivity contribution in [3.8, 4) is 0 Å². The van der Waals surface area contributed by atoms with Crippen molar-refractivity contribution in [1.82, 2.24) is 4.98 Å². The number of carboxylic acid groups (broad SMARTS) is 1. The van der Waals surface area contributed by atoms with Gasteiger partial charge in [-0.25, -0.2) is 9.78 Å². The predicted molar refractivity (Wildman–Crippen MR) is 67.8 cm³/mol. The number of pyridine rings is 1. The Hall–Kier alpha value is -2.10. The van der Waals surface area contributed by atoms with Crippen molar-refractivity contribution in [1.29, 1.82) is 0 Å². The topological polar surface area (TPSA) is 53.4 Å². The number of carbonyl (C=O) groups is 1. The van der Waals surface area contributed by atoms with Crippen LogP contribution >= 0.6 is 0 Å². The maximum atomic E-state index is 11.2. The second-order valence-corrected chi connectivity index (χ2v) is 4.20. The van der Waals surface area contributed by atoms with Crippen LogP contribution < -0.4 is 4.90 Å². The van der Waals surface area contributed by atoms with Crippen LogP contribution in [0.15, 0.2) is 24.3 Å². The summed E-state index contributed by atoms with van der Waals surface area (Å²) < 4.78 is 0. The van der Waals surface area contributed by atoms with Crippen LogP contribution in [0.5, 0.6) is 0 Å². The van der Waals surface area contributed by atoms with Gasteiger partial charge in [-0.05, 0) is 24.6 Å². The van der Waals surface area contributed by atoms with Gasteiger partial charge in [0.25, 0.3) is 0 Å². The fourth-order valence-corrected chi connectivity index (χ4v) is 1.80. The third-order valence-corrected chi connectivity index (χ3v) is 2.72. The van der Waals surface area contributed by atoms with Crippen LogP contribution in [-0.2, 0) is 0 Å². The number of benzene rings is 1. The second kappa shape index (κ2) is 4.05. The van der Waals surface area contributed by atoms with Gasteiger partial charge >= 0.3 is 5.97 Å². The van der Waals surface area contributed by atoms with E-state index in [1.54, 1.807) is 12.1 Å². The number of rotatable bonds is 2. The number of nitrogens with zero attached hydrogens (tertiary/aromatic N) is 2. The summed E-state index contributed by atoms with van der Waals surface area (Å²) in [6.45, 7) is 1.96.